The number of benzene rings is 1. The molecule has 1 saturated heterocycles. The highest BCUT2D eigenvalue weighted by molar-refractivity contribution is 6.40. The maximum Gasteiger partial charge on any atom is 0.316 e. The van der Waals surface area contributed by atoms with E-state index in [9.17, 15) is 9.59 Å². The molecule has 1 aliphatic rings. The summed E-state index contributed by atoms with van der Waals surface area (Å²) >= 11 is 0. The van der Waals surface area contributed by atoms with E-state index in [2.05, 4.69) is 38.3 Å². The highest BCUT2D eigenvalue weighted by Crippen LogP contribution is 2.28. The molecule has 0 bridgehead atoms. The Morgan fingerprint density at radius 2 is 1.61 bits per heavy atom. The Hall–Kier alpha value is -1.88. The number of amides is 2. The summed E-state index contributed by atoms with van der Waals surface area (Å²) in [5, 5.41) is 6.48. The quantitative estimate of drug-likeness (QED) is 0.821. The van der Waals surface area contributed by atoms with E-state index in [1.54, 1.807) is 7.05 Å². The van der Waals surface area contributed by atoms with E-state index in [-0.39, 0.29) is 17.1 Å². The maximum atomic E-state index is 12.3. The Balaban J connectivity index is 2.02. The Morgan fingerprint density at radius 1 is 1.09 bits per heavy atom. The fourth-order valence-electron chi connectivity index (χ4n) is 3.59. The molecule has 0 unspecified atom stereocenters. The zero-order valence-corrected chi connectivity index (χ0v) is 14.6. The van der Waals surface area contributed by atoms with Crippen molar-refractivity contribution in [3.05, 3.63) is 30.3 Å². The van der Waals surface area contributed by atoms with Crippen molar-refractivity contribution in [2.75, 3.05) is 11.9 Å². The van der Waals surface area contributed by atoms with Gasteiger partial charge in [0.2, 0.25) is 0 Å². The van der Waals surface area contributed by atoms with Gasteiger partial charge in [0.1, 0.15) is 0 Å². The van der Waals surface area contributed by atoms with Crippen molar-refractivity contribution in [2.45, 2.75) is 57.7 Å². The minimum atomic E-state index is -0.546. The molecule has 0 atom stereocenters. The van der Waals surface area contributed by atoms with Crippen LogP contribution in [0.15, 0.2) is 30.3 Å². The third kappa shape index (κ3) is 4.55. The molecule has 0 radical (unpaired) electrons. The van der Waals surface area contributed by atoms with Crippen LogP contribution in [0, 0.1) is 0 Å². The van der Waals surface area contributed by atoms with Crippen molar-refractivity contribution in [2.24, 2.45) is 0 Å². The normalized spacial score (nSPS) is 19.9. The average Bonchev–Trinajstić information content (AvgIpc) is 2.43. The van der Waals surface area contributed by atoms with Crippen molar-refractivity contribution in [3.8, 4) is 0 Å². The Kier molecular flexibility index (Phi) is 4.80. The van der Waals surface area contributed by atoms with E-state index in [0.717, 1.165) is 12.8 Å². The number of nitrogens with one attached hydrogen (secondary N) is 2. The molecule has 1 fully saturated rings. The molecular formula is C18H27N3O2. The minimum Gasteiger partial charge on any atom is -0.345 e. The van der Waals surface area contributed by atoms with Gasteiger partial charge < -0.3 is 15.5 Å². The van der Waals surface area contributed by atoms with Crippen molar-refractivity contribution >= 4 is 17.5 Å². The number of piperidine rings is 1. The van der Waals surface area contributed by atoms with E-state index < -0.39 is 11.8 Å². The molecule has 0 aromatic heterocycles. The average molecular weight is 317 g/mol. The minimum absolute atomic E-state index is 0.0122. The van der Waals surface area contributed by atoms with Crippen LogP contribution in [-0.2, 0) is 9.59 Å². The molecule has 5 nitrogen and oxygen atoms in total. The third-order valence-electron chi connectivity index (χ3n) is 4.17. The van der Waals surface area contributed by atoms with Crippen LogP contribution >= 0.6 is 0 Å². The lowest BCUT2D eigenvalue weighted by atomic mass is 9.79. The van der Waals surface area contributed by atoms with E-state index >= 15 is 0 Å². The number of anilines is 1. The van der Waals surface area contributed by atoms with Gasteiger partial charge in [0, 0.05) is 29.9 Å². The predicted molar refractivity (Wildman–Crippen MR) is 92.3 cm³/mol. The summed E-state index contributed by atoms with van der Waals surface area (Å²) in [5.74, 6) is -1.08. The lowest BCUT2D eigenvalue weighted by molar-refractivity contribution is -0.138. The largest absolute Gasteiger partial charge is 0.345 e. The van der Waals surface area contributed by atoms with Crippen LogP contribution < -0.4 is 15.5 Å². The first kappa shape index (κ1) is 17.5. The molecule has 5 heteroatoms. The van der Waals surface area contributed by atoms with Crippen LogP contribution in [0.5, 0.6) is 0 Å². The standard InChI is InChI=1S/C18H27N3O2/c1-17(2)11-13(12-18(3,4)20-17)19-15(22)16(23)21(5)14-9-7-6-8-10-14/h6-10,13,20H,11-12H2,1-5H3,(H,19,22). The second-order valence-corrected chi connectivity index (χ2v) is 7.67. The Morgan fingerprint density at radius 3 is 2.13 bits per heavy atom. The van der Waals surface area contributed by atoms with Crippen LogP contribution in [-0.4, -0.2) is 36.0 Å². The molecule has 2 amide bonds. The molecule has 1 aromatic rings. The van der Waals surface area contributed by atoms with Gasteiger partial charge in [-0.05, 0) is 52.7 Å². The number of carbonyl (C=O) groups excluding carboxylic acids is 2. The summed E-state index contributed by atoms with van der Waals surface area (Å²) in [7, 11) is 1.62. The van der Waals surface area contributed by atoms with Crippen LogP contribution in [0.2, 0.25) is 0 Å². The van der Waals surface area contributed by atoms with Gasteiger partial charge in [-0.3, -0.25) is 9.59 Å². The summed E-state index contributed by atoms with van der Waals surface area (Å²) in [6.07, 6.45) is 1.59. The molecule has 2 N–H and O–H groups in total. The van der Waals surface area contributed by atoms with E-state index in [0.29, 0.717) is 5.69 Å². The second-order valence-electron chi connectivity index (χ2n) is 7.67. The molecule has 1 heterocycles. The van der Waals surface area contributed by atoms with E-state index in [1.165, 1.54) is 4.90 Å². The van der Waals surface area contributed by atoms with Crippen LogP contribution in [0.3, 0.4) is 0 Å². The smallest absolute Gasteiger partial charge is 0.316 e. The van der Waals surface area contributed by atoms with E-state index in [4.69, 9.17) is 0 Å². The number of nitrogens with zero attached hydrogens (tertiary/aromatic N) is 1. The summed E-state index contributed by atoms with van der Waals surface area (Å²) in [6, 6.07) is 9.16. The number of para-hydroxylation sites is 1. The highest BCUT2D eigenvalue weighted by atomic mass is 16.2. The van der Waals surface area contributed by atoms with Gasteiger partial charge in [0.15, 0.2) is 0 Å². The zero-order valence-electron chi connectivity index (χ0n) is 14.6. The molecule has 0 aliphatic carbocycles. The maximum absolute atomic E-state index is 12.3. The number of carbonyl (C=O) groups is 2. The first-order valence-electron chi connectivity index (χ1n) is 8.03. The van der Waals surface area contributed by atoms with Crippen molar-refractivity contribution in [1.82, 2.24) is 10.6 Å². The highest BCUT2D eigenvalue weighted by Gasteiger charge is 2.38. The van der Waals surface area contributed by atoms with Gasteiger partial charge in [-0.15, -0.1) is 0 Å². The first-order valence-corrected chi connectivity index (χ1v) is 8.03. The number of hydrogen-bond donors (Lipinski definition) is 2. The fourth-order valence-corrected chi connectivity index (χ4v) is 3.59. The lowest BCUT2D eigenvalue weighted by Gasteiger charge is -2.46. The van der Waals surface area contributed by atoms with Gasteiger partial charge in [0.05, 0.1) is 0 Å². The summed E-state index contributed by atoms with van der Waals surface area (Å²) in [4.78, 5) is 26.0. The number of hydrogen-bond acceptors (Lipinski definition) is 3. The van der Waals surface area contributed by atoms with Gasteiger partial charge in [-0.1, -0.05) is 18.2 Å². The van der Waals surface area contributed by atoms with Crippen LogP contribution in [0.4, 0.5) is 5.69 Å². The molecule has 126 valence electrons. The summed E-state index contributed by atoms with van der Waals surface area (Å²) < 4.78 is 0. The molecule has 2 rings (SSSR count). The molecular weight excluding hydrogens is 290 g/mol. The van der Waals surface area contributed by atoms with Crippen molar-refractivity contribution in [1.29, 1.82) is 0 Å². The third-order valence-corrected chi connectivity index (χ3v) is 4.17. The predicted octanol–water partition coefficient (Wildman–Crippen LogP) is 2.07. The molecule has 0 spiro atoms. The summed E-state index contributed by atoms with van der Waals surface area (Å²) in [6.45, 7) is 8.46. The lowest BCUT2D eigenvalue weighted by Crippen LogP contribution is -2.62. The number of likely N-dealkylation sites (N-methyl/N-ethyl adjacent to an activating group) is 1. The topological polar surface area (TPSA) is 61.4 Å². The van der Waals surface area contributed by atoms with Gasteiger partial charge in [0.25, 0.3) is 0 Å². The Labute approximate surface area is 138 Å². The molecule has 1 aromatic carbocycles. The van der Waals surface area contributed by atoms with Crippen LogP contribution in [0.1, 0.15) is 40.5 Å². The van der Waals surface area contributed by atoms with Gasteiger partial charge in [-0.25, -0.2) is 0 Å². The zero-order chi connectivity index (χ0) is 17.3. The molecule has 23 heavy (non-hydrogen) atoms. The molecule has 0 saturated carbocycles. The second kappa shape index (κ2) is 6.32. The van der Waals surface area contributed by atoms with Crippen LogP contribution in [0.25, 0.3) is 0 Å². The summed E-state index contributed by atoms with van der Waals surface area (Å²) in [5.41, 5.74) is 0.556. The Bertz CT molecular complexity index is 565. The van der Waals surface area contributed by atoms with Gasteiger partial charge in [-0.2, -0.15) is 0 Å². The molecule has 1 aliphatic heterocycles. The number of rotatable bonds is 2. The van der Waals surface area contributed by atoms with Crippen molar-refractivity contribution < 1.29 is 9.59 Å². The first-order chi connectivity index (χ1) is 10.6. The van der Waals surface area contributed by atoms with E-state index in [1.807, 2.05) is 30.3 Å². The van der Waals surface area contributed by atoms with Crippen molar-refractivity contribution in [3.63, 3.8) is 0 Å². The monoisotopic (exact) mass is 317 g/mol. The van der Waals surface area contributed by atoms with Gasteiger partial charge >= 0.3 is 11.8 Å². The SMILES string of the molecule is CN(C(=O)C(=O)NC1CC(C)(C)NC(C)(C)C1)c1ccccc1. The fraction of sp³-hybridized carbons (Fsp3) is 0.556.